The number of hydrogen-bond donors (Lipinski definition) is 1. The van der Waals surface area contributed by atoms with E-state index in [-0.39, 0.29) is 5.56 Å². The van der Waals surface area contributed by atoms with E-state index < -0.39 is 0 Å². The molecule has 0 atom stereocenters. The molecule has 0 aliphatic heterocycles. The molecule has 0 spiro atoms. The number of rotatable bonds is 6. The van der Waals surface area contributed by atoms with E-state index in [1.165, 1.54) is 10.7 Å². The van der Waals surface area contributed by atoms with Crippen LogP contribution >= 0.6 is 0 Å². The van der Waals surface area contributed by atoms with E-state index in [2.05, 4.69) is 20.6 Å². The molecule has 0 unspecified atom stereocenters. The monoisotopic (exact) mass is 311 g/mol. The van der Waals surface area contributed by atoms with E-state index in [4.69, 9.17) is 4.42 Å². The maximum absolute atomic E-state index is 11.9. The summed E-state index contributed by atoms with van der Waals surface area (Å²) >= 11 is 0. The van der Waals surface area contributed by atoms with Crippen molar-refractivity contribution in [2.24, 2.45) is 0 Å². The van der Waals surface area contributed by atoms with Crippen LogP contribution in [0, 0.1) is 0 Å². The van der Waals surface area contributed by atoms with Crippen molar-refractivity contribution < 1.29 is 4.42 Å². The summed E-state index contributed by atoms with van der Waals surface area (Å²) < 4.78 is 6.78. The Morgan fingerprint density at radius 1 is 1.13 bits per heavy atom. The molecule has 3 rings (SSSR count). The Bertz CT molecular complexity index is 826. The summed E-state index contributed by atoms with van der Waals surface area (Å²) in [4.78, 5) is 11.9. The van der Waals surface area contributed by atoms with Gasteiger partial charge in [0.25, 0.3) is 5.56 Å². The maximum Gasteiger partial charge on any atom is 0.315 e. The highest BCUT2D eigenvalue weighted by Gasteiger charge is 2.05. The van der Waals surface area contributed by atoms with Crippen LogP contribution in [0.3, 0.4) is 0 Å². The van der Waals surface area contributed by atoms with Gasteiger partial charge in [-0.15, -0.1) is 5.10 Å². The van der Waals surface area contributed by atoms with Crippen LogP contribution in [0.4, 0.5) is 6.01 Å². The number of aromatic nitrogens is 4. The minimum Gasteiger partial charge on any atom is -0.408 e. The molecule has 0 fully saturated rings. The van der Waals surface area contributed by atoms with Gasteiger partial charge in [-0.2, -0.15) is 5.10 Å². The Hall–Kier alpha value is -2.96. The first kappa shape index (κ1) is 15.0. The van der Waals surface area contributed by atoms with Crippen LogP contribution in [-0.4, -0.2) is 26.5 Å². The predicted octanol–water partition coefficient (Wildman–Crippen LogP) is 1.97. The molecule has 0 aliphatic rings. The Labute approximate surface area is 133 Å². The molecule has 118 valence electrons. The van der Waals surface area contributed by atoms with Gasteiger partial charge in [-0.25, -0.2) is 4.68 Å². The highest BCUT2D eigenvalue weighted by Crippen LogP contribution is 2.13. The van der Waals surface area contributed by atoms with Gasteiger partial charge in [0.05, 0.1) is 12.2 Å². The van der Waals surface area contributed by atoms with Crippen LogP contribution in [0.2, 0.25) is 0 Å². The van der Waals surface area contributed by atoms with Crippen LogP contribution in [0.25, 0.3) is 11.3 Å². The molecule has 7 heteroatoms. The molecule has 2 aromatic heterocycles. The van der Waals surface area contributed by atoms with Crippen LogP contribution < -0.4 is 10.9 Å². The van der Waals surface area contributed by atoms with E-state index in [0.717, 1.165) is 11.3 Å². The van der Waals surface area contributed by atoms with Crippen molar-refractivity contribution in [3.8, 4) is 11.3 Å². The van der Waals surface area contributed by atoms with Crippen molar-refractivity contribution in [3.05, 3.63) is 58.7 Å². The molecule has 0 aliphatic carbocycles. The van der Waals surface area contributed by atoms with Gasteiger partial charge in [-0.1, -0.05) is 42.4 Å². The largest absolute Gasteiger partial charge is 0.408 e. The molecule has 0 saturated carbocycles. The minimum absolute atomic E-state index is 0.147. The molecular weight excluding hydrogens is 294 g/mol. The summed E-state index contributed by atoms with van der Waals surface area (Å²) in [6.45, 7) is 2.82. The van der Waals surface area contributed by atoms with Gasteiger partial charge in [0.2, 0.25) is 5.89 Å². The lowest BCUT2D eigenvalue weighted by Gasteiger charge is -2.07. The second-order valence-electron chi connectivity index (χ2n) is 4.93. The summed E-state index contributed by atoms with van der Waals surface area (Å²) in [6.07, 6.45) is 0.689. The molecule has 0 amide bonds. The molecule has 1 aromatic carbocycles. The highest BCUT2D eigenvalue weighted by atomic mass is 16.4. The number of hydrogen-bond acceptors (Lipinski definition) is 6. The fraction of sp³-hybridized carbons (Fsp3) is 0.250. The van der Waals surface area contributed by atoms with E-state index in [0.29, 0.717) is 31.4 Å². The van der Waals surface area contributed by atoms with Gasteiger partial charge in [0.1, 0.15) is 0 Å². The zero-order valence-electron chi connectivity index (χ0n) is 12.8. The zero-order valence-corrected chi connectivity index (χ0v) is 12.8. The van der Waals surface area contributed by atoms with Crippen molar-refractivity contribution in [1.29, 1.82) is 0 Å². The Balaban J connectivity index is 1.69. The first-order valence-electron chi connectivity index (χ1n) is 7.46. The molecule has 0 saturated heterocycles. The molecule has 0 radical (unpaired) electrons. The van der Waals surface area contributed by atoms with Crippen LogP contribution in [0.5, 0.6) is 0 Å². The van der Waals surface area contributed by atoms with Crippen molar-refractivity contribution in [1.82, 2.24) is 20.0 Å². The molecule has 0 bridgehead atoms. The number of anilines is 1. The average Bonchev–Trinajstić information content (AvgIpc) is 3.05. The summed E-state index contributed by atoms with van der Waals surface area (Å²) in [6, 6.07) is 13.3. The lowest BCUT2D eigenvalue weighted by Crippen LogP contribution is -2.25. The molecule has 2 heterocycles. The topological polar surface area (TPSA) is 85.8 Å². The third-order valence-corrected chi connectivity index (χ3v) is 3.31. The smallest absolute Gasteiger partial charge is 0.315 e. The normalized spacial score (nSPS) is 10.7. The van der Waals surface area contributed by atoms with Crippen molar-refractivity contribution in [3.63, 3.8) is 0 Å². The molecule has 23 heavy (non-hydrogen) atoms. The van der Waals surface area contributed by atoms with Crippen molar-refractivity contribution in [2.45, 2.75) is 19.9 Å². The zero-order chi connectivity index (χ0) is 16.1. The maximum atomic E-state index is 11.9. The lowest BCUT2D eigenvalue weighted by atomic mass is 10.1. The molecule has 3 aromatic rings. The third kappa shape index (κ3) is 3.63. The Morgan fingerprint density at radius 2 is 1.96 bits per heavy atom. The van der Waals surface area contributed by atoms with Gasteiger partial charge in [-0.3, -0.25) is 4.79 Å². The molecular formula is C16H17N5O2. The lowest BCUT2D eigenvalue weighted by molar-refractivity contribution is 0.506. The molecule has 7 nitrogen and oxygen atoms in total. The first-order chi connectivity index (χ1) is 11.3. The van der Waals surface area contributed by atoms with Crippen LogP contribution in [0.1, 0.15) is 12.8 Å². The highest BCUT2D eigenvalue weighted by molar-refractivity contribution is 5.57. The molecule has 1 N–H and O–H groups in total. The van der Waals surface area contributed by atoms with E-state index in [9.17, 15) is 4.79 Å². The summed E-state index contributed by atoms with van der Waals surface area (Å²) in [7, 11) is 0. The van der Waals surface area contributed by atoms with Crippen molar-refractivity contribution in [2.75, 3.05) is 11.9 Å². The first-order valence-corrected chi connectivity index (χ1v) is 7.46. The minimum atomic E-state index is -0.147. The van der Waals surface area contributed by atoms with E-state index >= 15 is 0 Å². The van der Waals surface area contributed by atoms with Gasteiger partial charge in [-0.05, 0) is 6.07 Å². The SMILES string of the molecule is CCc1nnc(NCCn2nc(-c3ccccc3)ccc2=O)o1. The summed E-state index contributed by atoms with van der Waals surface area (Å²) in [5, 5.41) is 15.1. The average molecular weight is 311 g/mol. The number of benzene rings is 1. The van der Waals surface area contributed by atoms with Gasteiger partial charge in [0.15, 0.2) is 0 Å². The summed E-state index contributed by atoms with van der Waals surface area (Å²) in [5.41, 5.74) is 1.58. The van der Waals surface area contributed by atoms with Gasteiger partial charge in [0, 0.05) is 24.6 Å². The standard InChI is InChI=1S/C16H17N5O2/c1-2-14-18-19-16(23-14)17-10-11-21-15(22)9-8-13(20-21)12-6-4-3-5-7-12/h3-9H,2,10-11H2,1H3,(H,17,19). The predicted molar refractivity (Wildman–Crippen MR) is 86.1 cm³/mol. The van der Waals surface area contributed by atoms with Crippen LogP contribution in [-0.2, 0) is 13.0 Å². The second-order valence-corrected chi connectivity index (χ2v) is 4.93. The Morgan fingerprint density at radius 3 is 2.70 bits per heavy atom. The van der Waals surface area contributed by atoms with Gasteiger partial charge < -0.3 is 9.73 Å². The summed E-state index contributed by atoms with van der Waals surface area (Å²) in [5.74, 6) is 0.578. The van der Waals surface area contributed by atoms with Crippen molar-refractivity contribution >= 4 is 6.01 Å². The number of nitrogens with zero attached hydrogens (tertiary/aromatic N) is 4. The Kier molecular flexibility index (Phi) is 4.46. The third-order valence-electron chi connectivity index (χ3n) is 3.31. The van der Waals surface area contributed by atoms with Gasteiger partial charge >= 0.3 is 6.01 Å². The van der Waals surface area contributed by atoms with E-state index in [1.54, 1.807) is 6.07 Å². The fourth-order valence-electron chi connectivity index (χ4n) is 2.11. The second kappa shape index (κ2) is 6.87. The quantitative estimate of drug-likeness (QED) is 0.749. The van der Waals surface area contributed by atoms with E-state index in [1.807, 2.05) is 37.3 Å². The fourth-order valence-corrected chi connectivity index (χ4v) is 2.11. The van der Waals surface area contributed by atoms with Crippen LogP contribution in [0.15, 0.2) is 51.7 Å². The number of aryl methyl sites for hydroxylation is 1. The number of nitrogens with one attached hydrogen (secondary N) is 1.